The van der Waals surface area contributed by atoms with Crippen LogP contribution in [0, 0.1) is 20.8 Å². The average Bonchev–Trinajstić information content (AvgIpc) is 2.65. The molecule has 7 nitrogen and oxygen atoms in total. The van der Waals surface area contributed by atoms with Gasteiger partial charge < -0.3 is 0 Å². The summed E-state index contributed by atoms with van der Waals surface area (Å²) in [5, 5.41) is 0.453. The molecule has 0 atom stereocenters. The van der Waals surface area contributed by atoms with Gasteiger partial charge in [0.1, 0.15) is 0 Å². The Balaban J connectivity index is 1.83. The van der Waals surface area contributed by atoms with E-state index in [0.29, 0.717) is 22.0 Å². The van der Waals surface area contributed by atoms with Gasteiger partial charge in [-0.1, -0.05) is 29.8 Å². The first-order valence-electron chi connectivity index (χ1n) is 9.16. The number of rotatable bonds is 5. The summed E-state index contributed by atoms with van der Waals surface area (Å²) >= 11 is 0. The van der Waals surface area contributed by atoms with Crippen LogP contribution in [0.3, 0.4) is 0 Å². The van der Waals surface area contributed by atoms with E-state index in [9.17, 15) is 18.0 Å². The summed E-state index contributed by atoms with van der Waals surface area (Å²) < 4.78 is 28.1. The van der Waals surface area contributed by atoms with Crippen LogP contribution in [-0.4, -0.2) is 35.2 Å². The van der Waals surface area contributed by atoms with E-state index in [-0.39, 0.29) is 23.4 Å². The number of benzene rings is 2. The second kappa shape index (κ2) is 7.79. The van der Waals surface area contributed by atoms with E-state index >= 15 is 0 Å². The molecule has 0 aliphatic carbocycles. The molecule has 0 radical (unpaired) electrons. The molecule has 1 amide bonds. The lowest BCUT2D eigenvalue weighted by atomic mass is 10.1. The van der Waals surface area contributed by atoms with Crippen molar-refractivity contribution in [3.8, 4) is 0 Å². The maximum Gasteiger partial charge on any atom is 0.266 e. The molecule has 0 fully saturated rings. The number of sulfonamides is 1. The number of aryl methyl sites for hydroxylation is 4. The number of hydrogen-bond acceptors (Lipinski definition) is 5. The highest BCUT2D eigenvalue weighted by Crippen LogP contribution is 2.25. The van der Waals surface area contributed by atoms with Crippen LogP contribution < -0.4 is 5.56 Å². The number of carbonyl (C=O) groups is 1. The Morgan fingerprint density at radius 2 is 1.72 bits per heavy atom. The third-order valence-corrected chi connectivity index (χ3v) is 6.96. The molecule has 1 heterocycles. The maximum atomic E-state index is 13.0. The number of amides is 1. The van der Waals surface area contributed by atoms with Crippen LogP contribution in [0.5, 0.6) is 0 Å². The normalized spacial score (nSPS) is 11.6. The molecule has 8 heteroatoms. The minimum absolute atomic E-state index is 0.0429. The zero-order chi connectivity index (χ0) is 21.3. The maximum absolute atomic E-state index is 13.0. The summed E-state index contributed by atoms with van der Waals surface area (Å²) in [6, 6.07) is 10.5. The van der Waals surface area contributed by atoms with Gasteiger partial charge in [-0.2, -0.15) is 0 Å². The molecule has 29 heavy (non-hydrogen) atoms. The fourth-order valence-corrected chi connectivity index (χ4v) is 5.05. The van der Waals surface area contributed by atoms with Crippen molar-refractivity contribution in [3.05, 3.63) is 69.8 Å². The Hall–Kier alpha value is -3.00. The second-order valence-corrected chi connectivity index (χ2v) is 9.01. The average molecular weight is 413 g/mol. The van der Waals surface area contributed by atoms with Crippen molar-refractivity contribution in [1.82, 2.24) is 13.9 Å². The Morgan fingerprint density at radius 1 is 1.10 bits per heavy atom. The minimum atomic E-state index is -3.98. The highest BCUT2D eigenvalue weighted by molar-refractivity contribution is 7.89. The summed E-state index contributed by atoms with van der Waals surface area (Å²) in [7, 11) is -2.74. The predicted molar refractivity (Wildman–Crippen MR) is 111 cm³/mol. The highest BCUT2D eigenvalue weighted by atomic mass is 32.2. The summed E-state index contributed by atoms with van der Waals surface area (Å²) in [6.45, 7) is 5.36. The minimum Gasteiger partial charge on any atom is -0.298 e. The number of carbonyl (C=O) groups excluding carboxylic acids is 1. The van der Waals surface area contributed by atoms with Crippen LogP contribution in [0.2, 0.25) is 0 Å². The molecule has 0 unspecified atom stereocenters. The number of hydrogen-bond donors (Lipinski definition) is 0. The van der Waals surface area contributed by atoms with Gasteiger partial charge in [0, 0.05) is 20.0 Å². The largest absolute Gasteiger partial charge is 0.298 e. The molecule has 0 N–H and O–H groups in total. The molecule has 3 aromatic rings. The van der Waals surface area contributed by atoms with Crippen molar-refractivity contribution in [2.75, 3.05) is 7.05 Å². The number of para-hydroxylation sites is 1. The van der Waals surface area contributed by atoms with Crippen molar-refractivity contribution in [2.24, 2.45) is 0 Å². The van der Waals surface area contributed by atoms with E-state index in [0.717, 1.165) is 9.87 Å². The number of aromatic nitrogens is 2. The van der Waals surface area contributed by atoms with Gasteiger partial charge in [0.05, 0.1) is 22.1 Å². The van der Waals surface area contributed by atoms with E-state index in [2.05, 4.69) is 4.98 Å². The van der Waals surface area contributed by atoms with Crippen LogP contribution >= 0.6 is 0 Å². The van der Waals surface area contributed by atoms with Crippen molar-refractivity contribution < 1.29 is 13.2 Å². The third kappa shape index (κ3) is 3.93. The number of fused-ring (bicyclic) bond motifs is 1. The molecule has 2 aromatic carbocycles. The van der Waals surface area contributed by atoms with E-state index < -0.39 is 15.9 Å². The standard InChI is InChI=1S/C21H23N3O4S/c1-14-11-15(2)20(16(3)12-14)29(27,28)23(4)19(25)9-10-24-13-22-18-8-6-5-7-17(18)21(24)26/h5-8,11-13H,9-10H2,1-4H3. The van der Waals surface area contributed by atoms with Crippen LogP contribution in [0.1, 0.15) is 23.1 Å². The Bertz CT molecular complexity index is 1240. The van der Waals surface area contributed by atoms with E-state index in [4.69, 9.17) is 0 Å². The van der Waals surface area contributed by atoms with Crippen molar-refractivity contribution in [2.45, 2.75) is 38.6 Å². The van der Waals surface area contributed by atoms with Crippen LogP contribution in [0.15, 0.2) is 52.4 Å². The molecule has 3 rings (SSSR count). The fraction of sp³-hybridized carbons (Fsp3) is 0.286. The quantitative estimate of drug-likeness (QED) is 0.641. The predicted octanol–water partition coefficient (Wildman–Crippen LogP) is 2.56. The molecule has 1 aromatic heterocycles. The SMILES string of the molecule is Cc1cc(C)c(S(=O)(=O)N(C)C(=O)CCn2cnc3ccccc3c2=O)c(C)c1. The van der Waals surface area contributed by atoms with Gasteiger partial charge >= 0.3 is 0 Å². The van der Waals surface area contributed by atoms with Crippen molar-refractivity contribution in [1.29, 1.82) is 0 Å². The van der Waals surface area contributed by atoms with E-state index in [1.165, 1.54) is 17.9 Å². The van der Waals surface area contributed by atoms with Crippen molar-refractivity contribution >= 4 is 26.8 Å². The lowest BCUT2D eigenvalue weighted by molar-refractivity contribution is -0.125. The lowest BCUT2D eigenvalue weighted by Gasteiger charge is -2.21. The van der Waals surface area contributed by atoms with Gasteiger partial charge in [-0.3, -0.25) is 14.2 Å². The van der Waals surface area contributed by atoms with Gasteiger partial charge in [0.15, 0.2) is 0 Å². The smallest absolute Gasteiger partial charge is 0.266 e. The second-order valence-electron chi connectivity index (χ2n) is 7.10. The molecule has 0 saturated heterocycles. The molecular formula is C21H23N3O4S. The van der Waals surface area contributed by atoms with Crippen molar-refractivity contribution in [3.63, 3.8) is 0 Å². The zero-order valence-corrected chi connectivity index (χ0v) is 17.7. The zero-order valence-electron chi connectivity index (χ0n) is 16.8. The van der Waals surface area contributed by atoms with Gasteiger partial charge in [-0.15, -0.1) is 0 Å². The van der Waals surface area contributed by atoms with Gasteiger partial charge in [-0.05, 0) is 44.0 Å². The lowest BCUT2D eigenvalue weighted by Crippen LogP contribution is -2.35. The third-order valence-electron chi connectivity index (χ3n) is 4.87. The fourth-order valence-electron chi connectivity index (χ4n) is 3.48. The van der Waals surface area contributed by atoms with Crippen LogP contribution in [0.25, 0.3) is 10.9 Å². The van der Waals surface area contributed by atoms with Gasteiger partial charge in [0.2, 0.25) is 5.91 Å². The Kier molecular flexibility index (Phi) is 5.57. The molecule has 152 valence electrons. The summed E-state index contributed by atoms with van der Waals surface area (Å²) in [5.74, 6) is -0.593. The highest BCUT2D eigenvalue weighted by Gasteiger charge is 2.28. The van der Waals surface area contributed by atoms with Crippen LogP contribution in [0.4, 0.5) is 0 Å². The first-order valence-corrected chi connectivity index (χ1v) is 10.6. The summed E-state index contributed by atoms with van der Waals surface area (Å²) in [6.07, 6.45) is 1.24. The monoisotopic (exact) mass is 413 g/mol. The number of nitrogens with zero attached hydrogens (tertiary/aromatic N) is 3. The molecule has 0 saturated carbocycles. The van der Waals surface area contributed by atoms with Gasteiger partial charge in [0.25, 0.3) is 15.6 Å². The van der Waals surface area contributed by atoms with E-state index in [1.807, 2.05) is 6.92 Å². The molecular weight excluding hydrogens is 390 g/mol. The van der Waals surface area contributed by atoms with E-state index in [1.54, 1.807) is 50.2 Å². The van der Waals surface area contributed by atoms with Crippen LogP contribution in [-0.2, 0) is 21.4 Å². The Labute approximate surface area is 169 Å². The molecule has 0 spiro atoms. The summed E-state index contributed by atoms with van der Waals surface area (Å²) in [5.41, 5.74) is 2.45. The molecule has 0 bridgehead atoms. The molecule has 0 aliphatic rings. The first kappa shape index (κ1) is 20.7. The molecule has 0 aliphatic heterocycles. The Morgan fingerprint density at radius 3 is 2.38 bits per heavy atom. The van der Waals surface area contributed by atoms with Gasteiger partial charge in [-0.25, -0.2) is 17.7 Å². The summed E-state index contributed by atoms with van der Waals surface area (Å²) in [4.78, 5) is 29.5. The first-order chi connectivity index (χ1) is 13.6. The topological polar surface area (TPSA) is 89.3 Å².